The highest BCUT2D eigenvalue weighted by molar-refractivity contribution is 9.10. The van der Waals surface area contributed by atoms with Crippen LogP contribution in [0.5, 0.6) is 0 Å². The third-order valence-electron chi connectivity index (χ3n) is 3.03. The van der Waals surface area contributed by atoms with Crippen molar-refractivity contribution in [1.29, 1.82) is 0 Å². The highest BCUT2D eigenvalue weighted by Gasteiger charge is 2.04. The lowest BCUT2D eigenvalue weighted by atomic mass is 10.1. The van der Waals surface area contributed by atoms with Crippen LogP contribution in [0, 0.1) is 5.82 Å². The van der Waals surface area contributed by atoms with Crippen molar-refractivity contribution in [3.63, 3.8) is 0 Å². The van der Waals surface area contributed by atoms with E-state index in [9.17, 15) is 4.39 Å². The number of aromatic nitrogens is 3. The normalized spacial score (nSPS) is 10.6. The summed E-state index contributed by atoms with van der Waals surface area (Å²) in [5, 5.41) is 9.82. The molecule has 2 N–H and O–H groups in total. The summed E-state index contributed by atoms with van der Waals surface area (Å²) in [6.45, 7) is 0.509. The van der Waals surface area contributed by atoms with E-state index in [0.717, 1.165) is 16.8 Å². The average molecular weight is 347 g/mol. The number of hydrogen-bond donors (Lipinski definition) is 2. The molecule has 3 aromatic rings. The van der Waals surface area contributed by atoms with Crippen LogP contribution in [0.25, 0.3) is 11.3 Å². The first kappa shape index (κ1) is 13.8. The fourth-order valence-electron chi connectivity index (χ4n) is 1.95. The number of aromatic amines is 1. The van der Waals surface area contributed by atoms with Crippen molar-refractivity contribution in [2.45, 2.75) is 6.54 Å². The Bertz CT molecular complexity index is 726. The van der Waals surface area contributed by atoms with Gasteiger partial charge in [-0.2, -0.15) is 5.10 Å². The molecule has 0 fully saturated rings. The highest BCUT2D eigenvalue weighted by Crippen LogP contribution is 2.19. The van der Waals surface area contributed by atoms with Crippen molar-refractivity contribution in [3.05, 3.63) is 64.6 Å². The molecule has 6 heteroatoms. The number of H-pyrrole nitrogens is 1. The molecule has 0 amide bonds. The van der Waals surface area contributed by atoms with E-state index in [-0.39, 0.29) is 11.6 Å². The zero-order valence-corrected chi connectivity index (χ0v) is 12.6. The third-order valence-corrected chi connectivity index (χ3v) is 3.47. The monoisotopic (exact) mass is 346 g/mol. The first-order valence-corrected chi connectivity index (χ1v) is 7.15. The van der Waals surface area contributed by atoms with Crippen molar-refractivity contribution in [1.82, 2.24) is 15.2 Å². The van der Waals surface area contributed by atoms with Gasteiger partial charge in [0.25, 0.3) is 0 Å². The quantitative estimate of drug-likeness (QED) is 0.751. The summed E-state index contributed by atoms with van der Waals surface area (Å²) in [5.41, 5.74) is 3.07. The van der Waals surface area contributed by atoms with Crippen molar-refractivity contribution in [2.24, 2.45) is 0 Å². The fourth-order valence-corrected chi connectivity index (χ4v) is 2.25. The second-order valence-corrected chi connectivity index (χ2v) is 5.42. The lowest BCUT2D eigenvalue weighted by Gasteiger charge is -2.07. The number of pyridine rings is 1. The summed E-state index contributed by atoms with van der Waals surface area (Å²) in [7, 11) is 0. The lowest BCUT2D eigenvalue weighted by molar-refractivity contribution is 0.623. The van der Waals surface area contributed by atoms with E-state index in [1.54, 1.807) is 12.4 Å². The predicted octanol–water partition coefficient (Wildman–Crippen LogP) is 3.99. The number of hydrogen-bond acceptors (Lipinski definition) is 3. The number of nitrogens with zero attached hydrogens (tertiary/aromatic N) is 2. The van der Waals surface area contributed by atoms with Gasteiger partial charge >= 0.3 is 0 Å². The van der Waals surface area contributed by atoms with Gasteiger partial charge in [0.05, 0.1) is 5.69 Å². The van der Waals surface area contributed by atoms with Gasteiger partial charge in [0.1, 0.15) is 0 Å². The summed E-state index contributed by atoms with van der Waals surface area (Å²) in [4.78, 5) is 4.00. The lowest BCUT2D eigenvalue weighted by Crippen LogP contribution is -2.03. The minimum Gasteiger partial charge on any atom is -0.364 e. The van der Waals surface area contributed by atoms with Gasteiger partial charge < -0.3 is 5.32 Å². The van der Waals surface area contributed by atoms with Gasteiger partial charge in [-0.15, -0.1) is 0 Å². The molecule has 0 aliphatic heterocycles. The van der Waals surface area contributed by atoms with Crippen LogP contribution in [-0.4, -0.2) is 15.2 Å². The standard InChI is InChI=1S/C15H12BrFN4/c16-12-7-13(17)15(19-9-12)18-8-10-1-3-11(4-2-10)14-5-6-20-21-14/h1-7,9H,8H2,(H,18,19)(H,20,21). The maximum atomic E-state index is 13.6. The summed E-state index contributed by atoms with van der Waals surface area (Å²) in [5.74, 6) is -0.130. The second-order valence-electron chi connectivity index (χ2n) is 4.50. The molecular weight excluding hydrogens is 335 g/mol. The van der Waals surface area contributed by atoms with Crippen molar-refractivity contribution in [3.8, 4) is 11.3 Å². The van der Waals surface area contributed by atoms with Gasteiger partial charge in [-0.25, -0.2) is 9.37 Å². The molecule has 2 aromatic heterocycles. The number of anilines is 1. The minimum absolute atomic E-state index is 0.246. The molecule has 3 rings (SSSR count). The van der Waals surface area contributed by atoms with E-state index in [1.165, 1.54) is 6.07 Å². The van der Waals surface area contributed by atoms with Crippen LogP contribution in [0.15, 0.2) is 53.3 Å². The zero-order valence-electron chi connectivity index (χ0n) is 11.0. The Kier molecular flexibility index (Phi) is 3.96. The molecular formula is C15H12BrFN4. The van der Waals surface area contributed by atoms with E-state index in [4.69, 9.17) is 0 Å². The van der Waals surface area contributed by atoms with E-state index >= 15 is 0 Å². The van der Waals surface area contributed by atoms with Gasteiger partial charge in [0.15, 0.2) is 11.6 Å². The zero-order chi connectivity index (χ0) is 14.7. The van der Waals surface area contributed by atoms with Crippen LogP contribution in [0.3, 0.4) is 0 Å². The SMILES string of the molecule is Fc1cc(Br)cnc1NCc1ccc(-c2ccn[nH]2)cc1. The van der Waals surface area contributed by atoms with Gasteiger partial charge in [-0.05, 0) is 39.2 Å². The number of halogens is 2. The van der Waals surface area contributed by atoms with Crippen molar-refractivity contribution in [2.75, 3.05) is 5.32 Å². The summed E-state index contributed by atoms with van der Waals surface area (Å²) in [6.07, 6.45) is 3.28. The Hall–Kier alpha value is -2.21. The van der Waals surface area contributed by atoms with Crippen LogP contribution in [0.4, 0.5) is 10.2 Å². The second kappa shape index (κ2) is 6.05. The molecule has 0 bridgehead atoms. The Morgan fingerprint density at radius 1 is 1.19 bits per heavy atom. The molecule has 0 aliphatic rings. The molecule has 4 nitrogen and oxygen atoms in total. The number of benzene rings is 1. The smallest absolute Gasteiger partial charge is 0.166 e. The third kappa shape index (κ3) is 3.28. The van der Waals surface area contributed by atoms with Crippen molar-refractivity contribution < 1.29 is 4.39 Å². The maximum Gasteiger partial charge on any atom is 0.166 e. The molecule has 0 unspecified atom stereocenters. The van der Waals surface area contributed by atoms with E-state index in [0.29, 0.717) is 11.0 Å². The molecule has 0 aliphatic carbocycles. The van der Waals surface area contributed by atoms with E-state index in [1.807, 2.05) is 30.3 Å². The first-order valence-electron chi connectivity index (χ1n) is 6.36. The van der Waals surface area contributed by atoms with Gasteiger partial charge in [-0.3, -0.25) is 5.10 Å². The molecule has 0 saturated carbocycles. The molecule has 0 radical (unpaired) electrons. The first-order chi connectivity index (χ1) is 10.2. The minimum atomic E-state index is -0.376. The molecule has 0 saturated heterocycles. The van der Waals surface area contributed by atoms with Crippen LogP contribution in [0.1, 0.15) is 5.56 Å². The average Bonchev–Trinajstić information content (AvgIpc) is 3.01. The molecule has 0 atom stereocenters. The maximum absolute atomic E-state index is 13.6. The topological polar surface area (TPSA) is 53.6 Å². The molecule has 2 heterocycles. The molecule has 106 valence electrons. The van der Waals surface area contributed by atoms with E-state index in [2.05, 4.69) is 36.4 Å². The van der Waals surface area contributed by atoms with Gasteiger partial charge in [0, 0.05) is 23.4 Å². The highest BCUT2D eigenvalue weighted by atomic mass is 79.9. The van der Waals surface area contributed by atoms with Crippen LogP contribution >= 0.6 is 15.9 Å². The van der Waals surface area contributed by atoms with Crippen LogP contribution in [-0.2, 0) is 6.54 Å². The molecule has 21 heavy (non-hydrogen) atoms. The summed E-state index contributed by atoms with van der Waals surface area (Å²) in [6, 6.07) is 11.3. The summed E-state index contributed by atoms with van der Waals surface area (Å²) < 4.78 is 14.3. The van der Waals surface area contributed by atoms with Gasteiger partial charge in [-0.1, -0.05) is 24.3 Å². The molecule has 1 aromatic carbocycles. The Morgan fingerprint density at radius 2 is 2.00 bits per heavy atom. The number of rotatable bonds is 4. The largest absolute Gasteiger partial charge is 0.364 e. The van der Waals surface area contributed by atoms with Gasteiger partial charge in [0.2, 0.25) is 0 Å². The summed E-state index contributed by atoms with van der Waals surface area (Å²) >= 11 is 3.18. The van der Waals surface area contributed by atoms with E-state index < -0.39 is 0 Å². The molecule has 0 spiro atoms. The van der Waals surface area contributed by atoms with Crippen LogP contribution in [0.2, 0.25) is 0 Å². The fraction of sp³-hybridized carbons (Fsp3) is 0.0667. The number of nitrogens with one attached hydrogen (secondary N) is 2. The predicted molar refractivity (Wildman–Crippen MR) is 83.2 cm³/mol. The van der Waals surface area contributed by atoms with Crippen molar-refractivity contribution >= 4 is 21.7 Å². The Balaban J connectivity index is 1.68. The Morgan fingerprint density at radius 3 is 2.67 bits per heavy atom. The van der Waals surface area contributed by atoms with Crippen LogP contribution < -0.4 is 5.32 Å². The Labute approximate surface area is 129 Å².